The summed E-state index contributed by atoms with van der Waals surface area (Å²) in [6.45, 7) is 7.04. The van der Waals surface area contributed by atoms with Gasteiger partial charge < -0.3 is 5.32 Å². The van der Waals surface area contributed by atoms with E-state index in [4.69, 9.17) is 5.26 Å². The van der Waals surface area contributed by atoms with E-state index in [1.165, 1.54) is 19.3 Å². The highest BCUT2D eigenvalue weighted by Crippen LogP contribution is 2.39. The van der Waals surface area contributed by atoms with Gasteiger partial charge in [0, 0.05) is 11.7 Å². The Morgan fingerprint density at radius 1 is 1.33 bits per heavy atom. The first-order chi connectivity index (χ1) is 8.48. The SMILES string of the molecule is CC1CC(Nc2cccc(C#N)c2)CC(C)(C)C1. The molecule has 0 heterocycles. The molecule has 2 atom stereocenters. The second-order valence-corrected chi connectivity index (χ2v) is 6.45. The highest BCUT2D eigenvalue weighted by molar-refractivity contribution is 5.49. The Bertz CT molecular complexity index is 456. The third-order valence-electron chi connectivity index (χ3n) is 3.75. The molecule has 0 spiro atoms. The summed E-state index contributed by atoms with van der Waals surface area (Å²) in [6, 6.07) is 10.5. The summed E-state index contributed by atoms with van der Waals surface area (Å²) in [4.78, 5) is 0. The average Bonchev–Trinajstić information content (AvgIpc) is 2.26. The molecule has 1 fully saturated rings. The maximum Gasteiger partial charge on any atom is 0.0992 e. The monoisotopic (exact) mass is 242 g/mol. The molecular weight excluding hydrogens is 220 g/mol. The van der Waals surface area contributed by atoms with E-state index >= 15 is 0 Å². The minimum atomic E-state index is 0.419. The summed E-state index contributed by atoms with van der Waals surface area (Å²) in [5.74, 6) is 0.769. The Hall–Kier alpha value is -1.49. The topological polar surface area (TPSA) is 35.8 Å². The van der Waals surface area contributed by atoms with Gasteiger partial charge in [0.1, 0.15) is 0 Å². The molecule has 18 heavy (non-hydrogen) atoms. The molecule has 0 bridgehead atoms. The first kappa shape index (κ1) is 13.0. The molecule has 1 aromatic rings. The molecule has 0 amide bonds. The van der Waals surface area contributed by atoms with E-state index in [0.29, 0.717) is 11.5 Å². The molecule has 1 aromatic carbocycles. The largest absolute Gasteiger partial charge is 0.382 e. The van der Waals surface area contributed by atoms with Crippen LogP contribution in [0.25, 0.3) is 0 Å². The highest BCUT2D eigenvalue weighted by atomic mass is 14.9. The van der Waals surface area contributed by atoms with Crippen molar-refractivity contribution in [2.24, 2.45) is 11.3 Å². The van der Waals surface area contributed by atoms with Crippen molar-refractivity contribution < 1.29 is 0 Å². The molecule has 1 aliphatic carbocycles. The second kappa shape index (κ2) is 5.02. The Kier molecular flexibility index (Phi) is 3.61. The van der Waals surface area contributed by atoms with Gasteiger partial charge in [0.15, 0.2) is 0 Å². The molecule has 0 saturated heterocycles. The molecule has 2 heteroatoms. The molecule has 96 valence electrons. The summed E-state index contributed by atoms with van der Waals surface area (Å²) >= 11 is 0. The third kappa shape index (κ3) is 3.26. The number of nitrogens with one attached hydrogen (secondary N) is 1. The van der Waals surface area contributed by atoms with E-state index in [2.05, 4.69) is 32.2 Å². The number of nitrogens with zero attached hydrogens (tertiary/aromatic N) is 1. The lowest BCUT2D eigenvalue weighted by molar-refractivity contribution is 0.178. The van der Waals surface area contributed by atoms with Crippen molar-refractivity contribution in [3.63, 3.8) is 0 Å². The second-order valence-electron chi connectivity index (χ2n) is 6.45. The van der Waals surface area contributed by atoms with E-state index in [-0.39, 0.29) is 0 Å². The van der Waals surface area contributed by atoms with Gasteiger partial charge in [0.2, 0.25) is 0 Å². The Morgan fingerprint density at radius 2 is 2.11 bits per heavy atom. The van der Waals surface area contributed by atoms with E-state index in [1.807, 2.05) is 24.3 Å². The molecule has 1 N–H and O–H groups in total. The Labute approximate surface area is 110 Å². The van der Waals surface area contributed by atoms with Gasteiger partial charge in [-0.1, -0.05) is 26.8 Å². The summed E-state index contributed by atoms with van der Waals surface area (Å²) in [7, 11) is 0. The minimum absolute atomic E-state index is 0.419. The lowest BCUT2D eigenvalue weighted by atomic mass is 9.70. The smallest absolute Gasteiger partial charge is 0.0992 e. The predicted octanol–water partition coefficient (Wildman–Crippen LogP) is 4.18. The van der Waals surface area contributed by atoms with Gasteiger partial charge in [0.05, 0.1) is 11.6 Å². The van der Waals surface area contributed by atoms with Gasteiger partial charge in [-0.2, -0.15) is 5.26 Å². The number of anilines is 1. The number of benzene rings is 1. The fourth-order valence-electron chi connectivity index (χ4n) is 3.37. The van der Waals surface area contributed by atoms with Crippen molar-refractivity contribution in [2.75, 3.05) is 5.32 Å². The molecule has 2 unspecified atom stereocenters. The third-order valence-corrected chi connectivity index (χ3v) is 3.75. The van der Waals surface area contributed by atoms with E-state index in [0.717, 1.165) is 17.2 Å². The summed E-state index contributed by atoms with van der Waals surface area (Å²) < 4.78 is 0. The van der Waals surface area contributed by atoms with Gasteiger partial charge >= 0.3 is 0 Å². The van der Waals surface area contributed by atoms with Crippen molar-refractivity contribution >= 4 is 5.69 Å². The van der Waals surface area contributed by atoms with Gasteiger partial charge in [-0.05, 0) is 48.8 Å². The van der Waals surface area contributed by atoms with Gasteiger partial charge in [0.25, 0.3) is 0 Å². The maximum atomic E-state index is 8.92. The zero-order chi connectivity index (χ0) is 13.2. The van der Waals surface area contributed by atoms with Crippen molar-refractivity contribution in [3.8, 4) is 6.07 Å². The Morgan fingerprint density at radius 3 is 2.78 bits per heavy atom. The number of rotatable bonds is 2. The van der Waals surface area contributed by atoms with E-state index in [9.17, 15) is 0 Å². The summed E-state index contributed by atoms with van der Waals surface area (Å²) in [5, 5.41) is 12.5. The molecule has 2 nitrogen and oxygen atoms in total. The maximum absolute atomic E-state index is 8.92. The van der Waals surface area contributed by atoms with Gasteiger partial charge in [-0.3, -0.25) is 0 Å². The summed E-state index contributed by atoms with van der Waals surface area (Å²) in [6.07, 6.45) is 3.73. The van der Waals surface area contributed by atoms with Crippen LogP contribution in [0.15, 0.2) is 24.3 Å². The quantitative estimate of drug-likeness (QED) is 0.844. The van der Waals surface area contributed by atoms with Crippen LogP contribution in [0, 0.1) is 22.7 Å². The number of nitriles is 1. The lowest BCUT2D eigenvalue weighted by Crippen LogP contribution is -2.35. The van der Waals surface area contributed by atoms with E-state index in [1.54, 1.807) is 0 Å². The molecule has 0 radical (unpaired) electrons. The standard InChI is InChI=1S/C16H22N2/c1-12-7-15(10-16(2,3)9-12)18-14-6-4-5-13(8-14)11-17/h4-6,8,12,15,18H,7,9-10H2,1-3H3. The fourth-order valence-corrected chi connectivity index (χ4v) is 3.37. The van der Waals surface area contributed by atoms with Crippen LogP contribution in [-0.2, 0) is 0 Å². The van der Waals surface area contributed by atoms with Crippen molar-refractivity contribution in [1.82, 2.24) is 0 Å². The van der Waals surface area contributed by atoms with E-state index < -0.39 is 0 Å². The van der Waals surface area contributed by atoms with Crippen LogP contribution in [0.5, 0.6) is 0 Å². The van der Waals surface area contributed by atoms with Crippen LogP contribution < -0.4 is 5.32 Å². The van der Waals surface area contributed by atoms with Crippen LogP contribution in [0.3, 0.4) is 0 Å². The first-order valence-corrected chi connectivity index (χ1v) is 6.75. The van der Waals surface area contributed by atoms with Crippen LogP contribution in [-0.4, -0.2) is 6.04 Å². The summed E-state index contributed by atoms with van der Waals surface area (Å²) in [5.41, 5.74) is 2.22. The van der Waals surface area contributed by atoms with Crippen LogP contribution >= 0.6 is 0 Å². The molecule has 0 aliphatic heterocycles. The molecular formula is C16H22N2. The highest BCUT2D eigenvalue weighted by Gasteiger charge is 2.31. The van der Waals surface area contributed by atoms with Crippen LogP contribution in [0.2, 0.25) is 0 Å². The number of hydrogen-bond donors (Lipinski definition) is 1. The fraction of sp³-hybridized carbons (Fsp3) is 0.562. The normalized spacial score (nSPS) is 26.3. The van der Waals surface area contributed by atoms with Crippen molar-refractivity contribution in [2.45, 2.75) is 46.1 Å². The molecule has 1 aliphatic rings. The average molecular weight is 242 g/mol. The van der Waals surface area contributed by atoms with Crippen LogP contribution in [0.1, 0.15) is 45.6 Å². The Balaban J connectivity index is 2.07. The van der Waals surface area contributed by atoms with Crippen molar-refractivity contribution in [3.05, 3.63) is 29.8 Å². The predicted molar refractivity (Wildman–Crippen MR) is 75.4 cm³/mol. The van der Waals surface area contributed by atoms with Crippen molar-refractivity contribution in [1.29, 1.82) is 5.26 Å². The lowest BCUT2D eigenvalue weighted by Gasteiger charge is -2.39. The molecule has 2 rings (SSSR count). The molecule has 0 aromatic heterocycles. The zero-order valence-corrected chi connectivity index (χ0v) is 11.5. The zero-order valence-electron chi connectivity index (χ0n) is 11.5. The minimum Gasteiger partial charge on any atom is -0.382 e. The first-order valence-electron chi connectivity index (χ1n) is 6.75. The molecule has 1 saturated carbocycles. The van der Waals surface area contributed by atoms with Crippen LogP contribution in [0.4, 0.5) is 5.69 Å². The van der Waals surface area contributed by atoms with Gasteiger partial charge in [-0.25, -0.2) is 0 Å². The number of hydrogen-bond acceptors (Lipinski definition) is 2. The van der Waals surface area contributed by atoms with Gasteiger partial charge in [-0.15, -0.1) is 0 Å².